The van der Waals surface area contributed by atoms with Gasteiger partial charge in [-0.25, -0.2) is 0 Å². The average molecular weight is 305 g/mol. The lowest BCUT2D eigenvalue weighted by molar-refractivity contribution is 0.103. The van der Waals surface area contributed by atoms with Crippen LogP contribution in [-0.4, -0.2) is 5.11 Å². The highest BCUT2D eigenvalue weighted by atomic mass is 16.5. The summed E-state index contributed by atoms with van der Waals surface area (Å²) >= 11 is 0. The second-order valence-electron chi connectivity index (χ2n) is 6.74. The first kappa shape index (κ1) is 14.1. The molecule has 3 heteroatoms. The molecule has 1 N–H and O–H groups in total. The van der Waals surface area contributed by atoms with Crippen LogP contribution in [0.1, 0.15) is 41.6 Å². The molecular formula is C20H19NO2. The van der Waals surface area contributed by atoms with E-state index in [1.807, 2.05) is 6.07 Å². The highest BCUT2D eigenvalue weighted by Crippen LogP contribution is 2.55. The van der Waals surface area contributed by atoms with E-state index in [4.69, 9.17) is 4.74 Å². The normalized spacial score (nSPS) is 28.3. The van der Waals surface area contributed by atoms with E-state index in [2.05, 4.69) is 37.3 Å². The Balaban J connectivity index is 1.78. The van der Waals surface area contributed by atoms with Crippen molar-refractivity contribution in [2.24, 2.45) is 11.8 Å². The Kier molecular flexibility index (Phi) is 3.27. The van der Waals surface area contributed by atoms with Gasteiger partial charge in [-0.2, -0.15) is 5.26 Å². The molecule has 1 aliphatic heterocycles. The Morgan fingerprint density at radius 2 is 1.91 bits per heavy atom. The number of hydrogen-bond acceptors (Lipinski definition) is 3. The zero-order valence-corrected chi connectivity index (χ0v) is 13.1. The third-order valence-corrected chi connectivity index (χ3v) is 5.24. The first-order valence-electron chi connectivity index (χ1n) is 8.11. The third-order valence-electron chi connectivity index (χ3n) is 5.24. The van der Waals surface area contributed by atoms with Crippen LogP contribution in [0, 0.1) is 30.1 Å². The molecule has 0 radical (unpaired) electrons. The van der Waals surface area contributed by atoms with Crippen molar-refractivity contribution in [3.05, 3.63) is 59.2 Å². The number of rotatable bonds is 1. The highest BCUT2D eigenvalue weighted by molar-refractivity contribution is 5.46. The SMILES string of the molecule is Cc1ccc([C@@H]2Oc3ccc(O)cc3[C@@H]3C[C@@H](C#N)C[C@@H]32)cc1. The van der Waals surface area contributed by atoms with Crippen molar-refractivity contribution in [2.45, 2.75) is 31.8 Å². The Hall–Kier alpha value is -2.47. The van der Waals surface area contributed by atoms with Gasteiger partial charge in [-0.15, -0.1) is 0 Å². The minimum atomic E-state index is -0.0176. The second-order valence-corrected chi connectivity index (χ2v) is 6.74. The smallest absolute Gasteiger partial charge is 0.127 e. The molecule has 1 heterocycles. The first-order chi connectivity index (χ1) is 11.2. The van der Waals surface area contributed by atoms with Crippen molar-refractivity contribution >= 4 is 0 Å². The fraction of sp³-hybridized carbons (Fsp3) is 0.350. The van der Waals surface area contributed by atoms with Crippen LogP contribution < -0.4 is 4.74 Å². The van der Waals surface area contributed by atoms with Crippen molar-refractivity contribution < 1.29 is 9.84 Å². The van der Waals surface area contributed by atoms with Gasteiger partial charge in [0, 0.05) is 17.4 Å². The maximum absolute atomic E-state index is 9.82. The van der Waals surface area contributed by atoms with Crippen LogP contribution in [0.2, 0.25) is 0 Å². The molecule has 2 aromatic carbocycles. The van der Waals surface area contributed by atoms with E-state index in [0.717, 1.165) is 24.2 Å². The van der Waals surface area contributed by atoms with Crippen molar-refractivity contribution in [2.75, 3.05) is 0 Å². The number of fused-ring (bicyclic) bond motifs is 3. The molecule has 2 aromatic rings. The van der Waals surface area contributed by atoms with E-state index in [1.54, 1.807) is 12.1 Å². The predicted molar refractivity (Wildman–Crippen MR) is 87.2 cm³/mol. The van der Waals surface area contributed by atoms with Gasteiger partial charge in [0.1, 0.15) is 17.6 Å². The summed E-state index contributed by atoms with van der Waals surface area (Å²) in [6, 6.07) is 16.2. The lowest BCUT2D eigenvalue weighted by Gasteiger charge is -2.36. The molecular weight excluding hydrogens is 286 g/mol. The third kappa shape index (κ3) is 2.35. The number of aromatic hydroxyl groups is 1. The van der Waals surface area contributed by atoms with Crippen LogP contribution in [0.15, 0.2) is 42.5 Å². The summed E-state index contributed by atoms with van der Waals surface area (Å²) in [4.78, 5) is 0. The number of nitriles is 1. The number of nitrogens with zero attached hydrogens (tertiary/aromatic N) is 1. The molecule has 1 saturated carbocycles. The quantitative estimate of drug-likeness (QED) is 0.846. The van der Waals surface area contributed by atoms with E-state index < -0.39 is 0 Å². The number of phenols is 1. The molecule has 0 spiro atoms. The second kappa shape index (κ2) is 5.31. The molecule has 0 saturated heterocycles. The number of phenolic OH excluding ortho intramolecular Hbond substituents is 1. The van der Waals surface area contributed by atoms with Gasteiger partial charge in [0.2, 0.25) is 0 Å². The predicted octanol–water partition coefficient (Wildman–Crippen LogP) is 4.47. The van der Waals surface area contributed by atoms with E-state index in [9.17, 15) is 10.4 Å². The van der Waals surface area contributed by atoms with Gasteiger partial charge in [-0.05, 0) is 49.4 Å². The fourth-order valence-corrected chi connectivity index (χ4v) is 4.10. The molecule has 0 amide bonds. The van der Waals surface area contributed by atoms with Gasteiger partial charge in [0.15, 0.2) is 0 Å². The van der Waals surface area contributed by atoms with Gasteiger partial charge in [0.25, 0.3) is 0 Å². The number of benzene rings is 2. The Morgan fingerprint density at radius 1 is 1.13 bits per heavy atom. The number of aryl methyl sites for hydroxylation is 1. The topological polar surface area (TPSA) is 53.2 Å². The molecule has 23 heavy (non-hydrogen) atoms. The summed E-state index contributed by atoms with van der Waals surface area (Å²) in [6.45, 7) is 2.08. The molecule has 1 fully saturated rings. The van der Waals surface area contributed by atoms with Crippen molar-refractivity contribution in [3.8, 4) is 17.6 Å². The highest BCUT2D eigenvalue weighted by Gasteiger charge is 2.45. The standard InChI is InChI=1S/C20H19NO2/c1-12-2-4-14(5-3-12)20-18-9-13(11-21)8-16(18)17-10-15(22)6-7-19(17)23-20/h2-7,10,13,16,18,20,22H,8-9H2,1H3/t13-,16+,18+,20+/m1/s1. The van der Waals surface area contributed by atoms with Crippen LogP contribution in [0.3, 0.4) is 0 Å². The molecule has 0 unspecified atom stereocenters. The first-order valence-corrected chi connectivity index (χ1v) is 8.11. The van der Waals surface area contributed by atoms with Gasteiger partial charge in [-0.3, -0.25) is 0 Å². The molecule has 116 valence electrons. The van der Waals surface area contributed by atoms with E-state index >= 15 is 0 Å². The van der Waals surface area contributed by atoms with E-state index in [1.165, 1.54) is 11.1 Å². The Morgan fingerprint density at radius 3 is 2.65 bits per heavy atom. The summed E-state index contributed by atoms with van der Waals surface area (Å²) in [6.07, 6.45) is 1.69. The van der Waals surface area contributed by atoms with E-state index in [-0.39, 0.29) is 29.6 Å². The van der Waals surface area contributed by atoms with Gasteiger partial charge in [-0.1, -0.05) is 29.8 Å². The zero-order chi connectivity index (χ0) is 16.0. The van der Waals surface area contributed by atoms with Crippen molar-refractivity contribution in [3.63, 3.8) is 0 Å². The molecule has 3 nitrogen and oxygen atoms in total. The monoisotopic (exact) mass is 305 g/mol. The van der Waals surface area contributed by atoms with Crippen LogP contribution >= 0.6 is 0 Å². The van der Waals surface area contributed by atoms with Gasteiger partial charge >= 0.3 is 0 Å². The molecule has 4 atom stereocenters. The number of ether oxygens (including phenoxy) is 1. The van der Waals surface area contributed by atoms with E-state index in [0.29, 0.717) is 0 Å². The Bertz CT molecular complexity index is 775. The molecule has 0 aromatic heterocycles. The Labute approximate surface area is 136 Å². The minimum absolute atomic E-state index is 0.0176. The van der Waals surface area contributed by atoms with Crippen molar-refractivity contribution in [1.82, 2.24) is 0 Å². The lowest BCUT2D eigenvalue weighted by Crippen LogP contribution is -2.26. The summed E-state index contributed by atoms with van der Waals surface area (Å²) < 4.78 is 6.30. The summed E-state index contributed by atoms with van der Waals surface area (Å²) in [5.41, 5.74) is 3.45. The minimum Gasteiger partial charge on any atom is -0.508 e. The van der Waals surface area contributed by atoms with Crippen LogP contribution in [0.4, 0.5) is 0 Å². The zero-order valence-electron chi connectivity index (χ0n) is 13.1. The van der Waals surface area contributed by atoms with Crippen LogP contribution in [-0.2, 0) is 0 Å². The van der Waals surface area contributed by atoms with Gasteiger partial charge < -0.3 is 9.84 Å². The largest absolute Gasteiger partial charge is 0.508 e. The average Bonchev–Trinajstić information content (AvgIpc) is 3.00. The summed E-state index contributed by atoms with van der Waals surface area (Å²) in [5.74, 6) is 1.74. The van der Waals surface area contributed by atoms with Gasteiger partial charge in [0.05, 0.1) is 6.07 Å². The number of hydrogen-bond donors (Lipinski definition) is 1. The molecule has 4 rings (SSSR count). The molecule has 1 aliphatic carbocycles. The molecule has 0 bridgehead atoms. The maximum atomic E-state index is 9.82. The van der Waals surface area contributed by atoms with Crippen LogP contribution in [0.25, 0.3) is 0 Å². The summed E-state index contributed by atoms with van der Waals surface area (Å²) in [7, 11) is 0. The fourth-order valence-electron chi connectivity index (χ4n) is 4.10. The maximum Gasteiger partial charge on any atom is 0.127 e. The van der Waals surface area contributed by atoms with Crippen molar-refractivity contribution in [1.29, 1.82) is 5.26 Å². The lowest BCUT2D eigenvalue weighted by atomic mass is 9.80. The van der Waals surface area contributed by atoms with Crippen LogP contribution in [0.5, 0.6) is 11.5 Å². The summed E-state index contributed by atoms with van der Waals surface area (Å²) in [5, 5.41) is 19.2. The molecule has 2 aliphatic rings.